The van der Waals surface area contributed by atoms with Gasteiger partial charge in [-0.1, -0.05) is 24.3 Å². The lowest BCUT2D eigenvalue weighted by Gasteiger charge is -2.10. The molecule has 0 amide bonds. The highest BCUT2D eigenvalue weighted by Crippen LogP contribution is 2.27. The van der Waals surface area contributed by atoms with Crippen LogP contribution in [0.25, 0.3) is 23.1 Å². The SMILES string of the molecule is COc1cc(C=Cc2nc3ccccc3c(=O)n2CCCO)ccc1O. The molecule has 0 atom stereocenters. The normalized spacial score (nSPS) is 11.3. The molecule has 0 saturated heterocycles. The zero-order valence-corrected chi connectivity index (χ0v) is 14.4. The summed E-state index contributed by atoms with van der Waals surface area (Å²) in [7, 11) is 1.49. The molecule has 0 aliphatic rings. The van der Waals surface area contributed by atoms with E-state index in [-0.39, 0.29) is 17.9 Å². The molecule has 1 aromatic heterocycles. The average molecular weight is 352 g/mol. The Balaban J connectivity index is 2.06. The van der Waals surface area contributed by atoms with Crippen LogP contribution in [0.4, 0.5) is 0 Å². The zero-order chi connectivity index (χ0) is 18.5. The van der Waals surface area contributed by atoms with Crippen LogP contribution in [-0.2, 0) is 6.54 Å². The Morgan fingerprint density at radius 1 is 1.19 bits per heavy atom. The number of rotatable bonds is 6. The van der Waals surface area contributed by atoms with E-state index in [1.165, 1.54) is 7.11 Å². The van der Waals surface area contributed by atoms with Crippen LogP contribution >= 0.6 is 0 Å². The summed E-state index contributed by atoms with van der Waals surface area (Å²) < 4.78 is 6.67. The number of benzene rings is 2. The fourth-order valence-corrected chi connectivity index (χ4v) is 2.73. The van der Waals surface area contributed by atoms with Crippen molar-refractivity contribution in [3.63, 3.8) is 0 Å². The summed E-state index contributed by atoms with van der Waals surface area (Å²) in [6, 6.07) is 12.2. The van der Waals surface area contributed by atoms with Crippen LogP contribution in [-0.4, -0.2) is 33.5 Å². The number of fused-ring (bicyclic) bond motifs is 1. The molecule has 134 valence electrons. The molecule has 2 aromatic carbocycles. The summed E-state index contributed by atoms with van der Waals surface area (Å²) in [5.74, 6) is 0.943. The van der Waals surface area contributed by atoms with Crippen LogP contribution in [0.3, 0.4) is 0 Å². The molecule has 0 radical (unpaired) electrons. The van der Waals surface area contributed by atoms with Crippen molar-refractivity contribution < 1.29 is 14.9 Å². The molecule has 3 rings (SSSR count). The Morgan fingerprint density at radius 3 is 2.77 bits per heavy atom. The summed E-state index contributed by atoms with van der Waals surface area (Å²) >= 11 is 0. The number of phenols is 1. The van der Waals surface area contributed by atoms with Gasteiger partial charge in [-0.05, 0) is 42.3 Å². The number of hydrogen-bond acceptors (Lipinski definition) is 5. The van der Waals surface area contributed by atoms with Gasteiger partial charge in [0.05, 0.1) is 18.0 Å². The molecule has 1 heterocycles. The monoisotopic (exact) mass is 352 g/mol. The highest BCUT2D eigenvalue weighted by Gasteiger charge is 2.09. The van der Waals surface area contributed by atoms with Crippen molar-refractivity contribution in [2.45, 2.75) is 13.0 Å². The van der Waals surface area contributed by atoms with Crippen LogP contribution in [0.5, 0.6) is 11.5 Å². The number of ether oxygens (including phenoxy) is 1. The van der Waals surface area contributed by atoms with Crippen molar-refractivity contribution >= 4 is 23.1 Å². The molecule has 6 nitrogen and oxygen atoms in total. The highest BCUT2D eigenvalue weighted by atomic mass is 16.5. The quantitative estimate of drug-likeness (QED) is 0.712. The van der Waals surface area contributed by atoms with E-state index in [0.717, 1.165) is 5.56 Å². The summed E-state index contributed by atoms with van der Waals surface area (Å²) in [5.41, 5.74) is 1.29. The lowest BCUT2D eigenvalue weighted by Crippen LogP contribution is -2.24. The number of aliphatic hydroxyl groups excluding tert-OH is 1. The molecular weight excluding hydrogens is 332 g/mol. The van der Waals surface area contributed by atoms with Gasteiger partial charge in [0, 0.05) is 13.2 Å². The van der Waals surface area contributed by atoms with Gasteiger partial charge in [-0.3, -0.25) is 9.36 Å². The van der Waals surface area contributed by atoms with Gasteiger partial charge < -0.3 is 14.9 Å². The van der Waals surface area contributed by atoms with E-state index in [9.17, 15) is 9.90 Å². The van der Waals surface area contributed by atoms with E-state index < -0.39 is 0 Å². The van der Waals surface area contributed by atoms with Gasteiger partial charge in [0.25, 0.3) is 5.56 Å². The molecule has 0 aliphatic carbocycles. The van der Waals surface area contributed by atoms with E-state index in [1.807, 2.05) is 6.07 Å². The number of nitrogens with zero attached hydrogens (tertiary/aromatic N) is 2. The maximum Gasteiger partial charge on any atom is 0.261 e. The van der Waals surface area contributed by atoms with Gasteiger partial charge in [0.15, 0.2) is 11.5 Å². The highest BCUT2D eigenvalue weighted by molar-refractivity contribution is 5.79. The third-order valence-electron chi connectivity index (χ3n) is 4.06. The lowest BCUT2D eigenvalue weighted by atomic mass is 10.2. The van der Waals surface area contributed by atoms with Crippen molar-refractivity contribution in [3.8, 4) is 11.5 Å². The molecule has 0 fully saturated rings. The largest absolute Gasteiger partial charge is 0.504 e. The first kappa shape index (κ1) is 17.7. The molecule has 0 spiro atoms. The average Bonchev–Trinajstić information content (AvgIpc) is 2.67. The van der Waals surface area contributed by atoms with Crippen LogP contribution in [0.2, 0.25) is 0 Å². The fraction of sp³-hybridized carbons (Fsp3) is 0.200. The van der Waals surface area contributed by atoms with E-state index in [1.54, 1.807) is 53.1 Å². The molecule has 0 aliphatic heterocycles. The third kappa shape index (κ3) is 3.60. The molecule has 26 heavy (non-hydrogen) atoms. The number of para-hydroxylation sites is 1. The minimum atomic E-state index is -0.132. The summed E-state index contributed by atoms with van der Waals surface area (Å²) in [6.45, 7) is 0.378. The number of methoxy groups -OCH3 is 1. The molecule has 6 heteroatoms. The topological polar surface area (TPSA) is 84.6 Å². The molecular formula is C20H20N2O4. The first-order valence-corrected chi connectivity index (χ1v) is 8.29. The number of aromatic hydroxyl groups is 1. The minimum Gasteiger partial charge on any atom is -0.504 e. The summed E-state index contributed by atoms with van der Waals surface area (Å²) in [6.07, 6.45) is 4.01. The smallest absolute Gasteiger partial charge is 0.261 e. The Morgan fingerprint density at radius 2 is 2.00 bits per heavy atom. The molecule has 3 aromatic rings. The van der Waals surface area contributed by atoms with E-state index in [4.69, 9.17) is 9.84 Å². The van der Waals surface area contributed by atoms with Crippen LogP contribution in [0.15, 0.2) is 47.3 Å². The van der Waals surface area contributed by atoms with Gasteiger partial charge in [0.2, 0.25) is 0 Å². The Labute approximate surface area is 150 Å². The number of aliphatic hydroxyl groups is 1. The second-order valence-corrected chi connectivity index (χ2v) is 5.79. The van der Waals surface area contributed by atoms with Crippen molar-refractivity contribution in [1.82, 2.24) is 9.55 Å². The minimum absolute atomic E-state index is 0.00240. The standard InChI is InChI=1S/C20H20N2O4/c1-26-18-13-14(7-9-17(18)24)8-10-19-21-16-6-3-2-5-15(16)20(25)22(19)11-4-12-23/h2-3,5-10,13,23-24H,4,11-12H2,1H3. The third-order valence-corrected chi connectivity index (χ3v) is 4.06. The number of phenolic OH excluding ortho intramolecular Hbond substituents is 1. The second-order valence-electron chi connectivity index (χ2n) is 5.79. The second kappa shape index (κ2) is 7.84. The van der Waals surface area contributed by atoms with Gasteiger partial charge in [-0.25, -0.2) is 4.98 Å². The summed E-state index contributed by atoms with van der Waals surface area (Å²) in [4.78, 5) is 17.3. The fourth-order valence-electron chi connectivity index (χ4n) is 2.73. The molecule has 0 bridgehead atoms. The van der Waals surface area contributed by atoms with E-state index >= 15 is 0 Å². The van der Waals surface area contributed by atoms with E-state index in [2.05, 4.69) is 4.98 Å². The Hall–Kier alpha value is -3.12. The maximum atomic E-state index is 12.8. The molecule has 0 unspecified atom stereocenters. The number of hydrogen-bond donors (Lipinski definition) is 2. The van der Waals surface area contributed by atoms with Crippen molar-refractivity contribution in [3.05, 3.63) is 64.2 Å². The lowest BCUT2D eigenvalue weighted by molar-refractivity contribution is 0.278. The Kier molecular flexibility index (Phi) is 5.34. The molecule has 0 saturated carbocycles. The van der Waals surface area contributed by atoms with Crippen molar-refractivity contribution in [2.24, 2.45) is 0 Å². The first-order valence-electron chi connectivity index (χ1n) is 8.29. The zero-order valence-electron chi connectivity index (χ0n) is 14.4. The summed E-state index contributed by atoms with van der Waals surface area (Å²) in [5, 5.41) is 19.4. The maximum absolute atomic E-state index is 12.8. The Bertz CT molecular complexity index is 1010. The van der Waals surface area contributed by atoms with Crippen LogP contribution in [0, 0.1) is 0 Å². The van der Waals surface area contributed by atoms with Gasteiger partial charge in [-0.15, -0.1) is 0 Å². The van der Waals surface area contributed by atoms with Gasteiger partial charge >= 0.3 is 0 Å². The van der Waals surface area contributed by atoms with Crippen LogP contribution < -0.4 is 10.3 Å². The number of aromatic nitrogens is 2. The van der Waals surface area contributed by atoms with Gasteiger partial charge in [0.1, 0.15) is 5.82 Å². The van der Waals surface area contributed by atoms with Gasteiger partial charge in [-0.2, -0.15) is 0 Å². The predicted molar refractivity (Wildman–Crippen MR) is 101 cm³/mol. The van der Waals surface area contributed by atoms with Crippen LogP contribution in [0.1, 0.15) is 17.8 Å². The first-order chi connectivity index (χ1) is 12.6. The molecule has 2 N–H and O–H groups in total. The predicted octanol–water partition coefficient (Wildman–Crippen LogP) is 2.66. The van der Waals surface area contributed by atoms with Crippen molar-refractivity contribution in [2.75, 3.05) is 13.7 Å². The van der Waals surface area contributed by atoms with Crippen molar-refractivity contribution in [1.29, 1.82) is 0 Å². The van der Waals surface area contributed by atoms with E-state index in [0.29, 0.717) is 35.4 Å².